The molecule has 2 rings (SSSR count). The Kier molecular flexibility index (Phi) is 4.24. The van der Waals surface area contributed by atoms with Gasteiger partial charge in [-0.2, -0.15) is 0 Å². The molecule has 0 amide bonds. The van der Waals surface area contributed by atoms with Crippen molar-refractivity contribution >= 4 is 27.3 Å². The molecule has 0 bridgehead atoms. The van der Waals surface area contributed by atoms with Gasteiger partial charge in [-0.15, -0.1) is 0 Å². The van der Waals surface area contributed by atoms with E-state index in [1.807, 2.05) is 6.07 Å². The highest BCUT2D eigenvalue weighted by Crippen LogP contribution is 2.31. The minimum atomic E-state index is -0.410. The Balaban J connectivity index is 2.24. The zero-order valence-corrected chi connectivity index (χ0v) is 12.3. The van der Waals surface area contributed by atoms with Crippen molar-refractivity contribution in [3.8, 4) is 5.75 Å². The van der Waals surface area contributed by atoms with Crippen LogP contribution in [0, 0.1) is 17.0 Å². The fourth-order valence-corrected chi connectivity index (χ4v) is 2.44. The van der Waals surface area contributed by atoms with Crippen LogP contribution in [0.1, 0.15) is 11.1 Å². The van der Waals surface area contributed by atoms with Gasteiger partial charge in [0.1, 0.15) is 5.75 Å². The second kappa shape index (κ2) is 5.92. The van der Waals surface area contributed by atoms with Crippen LogP contribution in [0.25, 0.3) is 0 Å². The monoisotopic (exact) mass is 336 g/mol. The molecule has 2 aromatic carbocycles. The van der Waals surface area contributed by atoms with Gasteiger partial charge < -0.3 is 10.4 Å². The summed E-state index contributed by atoms with van der Waals surface area (Å²) in [5.74, 6) is 0.192. The summed E-state index contributed by atoms with van der Waals surface area (Å²) in [6, 6.07) is 10.1. The molecule has 0 heterocycles. The van der Waals surface area contributed by atoms with Crippen LogP contribution in [-0.4, -0.2) is 10.0 Å². The maximum atomic E-state index is 10.9. The van der Waals surface area contributed by atoms with Crippen LogP contribution in [0.3, 0.4) is 0 Å². The van der Waals surface area contributed by atoms with Crippen molar-refractivity contribution in [3.05, 3.63) is 62.1 Å². The van der Waals surface area contributed by atoms with Gasteiger partial charge in [0.05, 0.1) is 10.6 Å². The Morgan fingerprint density at radius 1 is 1.35 bits per heavy atom. The normalized spacial score (nSPS) is 10.3. The smallest absolute Gasteiger partial charge is 0.274 e. The van der Waals surface area contributed by atoms with Crippen molar-refractivity contribution in [3.63, 3.8) is 0 Å². The van der Waals surface area contributed by atoms with Crippen molar-refractivity contribution < 1.29 is 10.0 Å². The Bertz CT molecular complexity index is 659. The molecule has 2 N–H and O–H groups in total. The molecule has 2 aromatic rings. The minimum absolute atomic E-state index is 0.0629. The van der Waals surface area contributed by atoms with E-state index < -0.39 is 4.92 Å². The first-order chi connectivity index (χ1) is 9.49. The largest absolute Gasteiger partial charge is 0.508 e. The third-order valence-corrected chi connectivity index (χ3v) is 3.60. The van der Waals surface area contributed by atoms with E-state index in [9.17, 15) is 15.2 Å². The highest BCUT2D eigenvalue weighted by atomic mass is 79.9. The number of rotatable bonds is 4. The van der Waals surface area contributed by atoms with E-state index in [4.69, 9.17) is 0 Å². The van der Waals surface area contributed by atoms with Gasteiger partial charge in [0.25, 0.3) is 5.69 Å². The Hall–Kier alpha value is -2.08. The molecule has 0 saturated carbocycles. The highest BCUT2D eigenvalue weighted by molar-refractivity contribution is 9.10. The number of halogens is 1. The van der Waals surface area contributed by atoms with Gasteiger partial charge in [-0.25, -0.2) is 0 Å². The Morgan fingerprint density at radius 2 is 2.05 bits per heavy atom. The lowest BCUT2D eigenvalue weighted by Crippen LogP contribution is -2.02. The number of aromatic hydroxyl groups is 1. The van der Waals surface area contributed by atoms with Gasteiger partial charge in [-0.05, 0) is 35.0 Å². The predicted molar refractivity (Wildman–Crippen MR) is 81.0 cm³/mol. The number of anilines is 1. The summed E-state index contributed by atoms with van der Waals surface area (Å²) in [6.45, 7) is 2.07. The van der Waals surface area contributed by atoms with E-state index in [1.165, 1.54) is 6.07 Å². The summed E-state index contributed by atoms with van der Waals surface area (Å²) >= 11 is 3.37. The average molecular weight is 337 g/mol. The molecular weight excluding hydrogens is 324 g/mol. The van der Waals surface area contributed by atoms with E-state index >= 15 is 0 Å². The first-order valence-corrected chi connectivity index (χ1v) is 6.73. The van der Waals surface area contributed by atoms with Crippen LogP contribution in [0.4, 0.5) is 11.4 Å². The van der Waals surface area contributed by atoms with Crippen LogP contribution >= 0.6 is 15.9 Å². The van der Waals surface area contributed by atoms with Crippen molar-refractivity contribution in [2.75, 3.05) is 5.32 Å². The summed E-state index contributed by atoms with van der Waals surface area (Å²) in [4.78, 5) is 10.5. The number of phenols is 1. The first-order valence-electron chi connectivity index (χ1n) is 5.94. The molecule has 20 heavy (non-hydrogen) atoms. The first kappa shape index (κ1) is 14.3. The molecule has 0 radical (unpaired) electrons. The van der Waals surface area contributed by atoms with E-state index in [2.05, 4.69) is 21.2 Å². The molecule has 0 aliphatic heterocycles. The van der Waals surface area contributed by atoms with Gasteiger partial charge >= 0.3 is 0 Å². The van der Waals surface area contributed by atoms with Gasteiger partial charge in [0.2, 0.25) is 0 Å². The van der Waals surface area contributed by atoms with Gasteiger partial charge in [-0.1, -0.05) is 18.2 Å². The lowest BCUT2D eigenvalue weighted by Gasteiger charge is -2.10. The summed E-state index contributed by atoms with van der Waals surface area (Å²) in [5.41, 5.74) is 2.00. The fourth-order valence-electron chi connectivity index (χ4n) is 1.84. The Morgan fingerprint density at radius 3 is 2.70 bits per heavy atom. The molecule has 0 atom stereocenters. The van der Waals surface area contributed by atoms with E-state index in [-0.39, 0.29) is 11.4 Å². The zero-order chi connectivity index (χ0) is 14.7. The van der Waals surface area contributed by atoms with E-state index in [1.54, 1.807) is 31.2 Å². The predicted octanol–water partition coefficient (Wildman–Crippen LogP) is 3.98. The summed E-state index contributed by atoms with van der Waals surface area (Å²) in [6.07, 6.45) is 0. The number of benzene rings is 2. The number of nitrogens with zero attached hydrogens (tertiary/aromatic N) is 1. The maximum absolute atomic E-state index is 10.9. The molecule has 0 saturated heterocycles. The third kappa shape index (κ3) is 3.08. The molecule has 0 fully saturated rings. The lowest BCUT2D eigenvalue weighted by atomic mass is 10.1. The molecule has 0 aliphatic carbocycles. The van der Waals surface area contributed by atoms with Crippen LogP contribution < -0.4 is 5.32 Å². The summed E-state index contributed by atoms with van der Waals surface area (Å²) in [5, 5.41) is 23.7. The molecular formula is C14H13BrN2O3. The van der Waals surface area contributed by atoms with Gasteiger partial charge in [0.15, 0.2) is 0 Å². The quantitative estimate of drug-likeness (QED) is 0.654. The second-order valence-electron chi connectivity index (χ2n) is 4.36. The Labute approximate surface area is 124 Å². The molecule has 0 spiro atoms. The van der Waals surface area contributed by atoms with Crippen LogP contribution in [-0.2, 0) is 6.54 Å². The second-order valence-corrected chi connectivity index (χ2v) is 5.21. The fraction of sp³-hybridized carbons (Fsp3) is 0.143. The average Bonchev–Trinajstić information content (AvgIpc) is 2.39. The third-order valence-electron chi connectivity index (χ3n) is 2.94. The maximum Gasteiger partial charge on any atom is 0.274 e. The van der Waals surface area contributed by atoms with Crippen LogP contribution in [0.2, 0.25) is 0 Å². The van der Waals surface area contributed by atoms with Crippen molar-refractivity contribution in [2.24, 2.45) is 0 Å². The molecule has 0 unspecified atom stereocenters. The summed E-state index contributed by atoms with van der Waals surface area (Å²) < 4.78 is 0.746. The standard InChI is InChI=1S/C14H13BrN2O3/c1-9-6-11(15)12(7-13(9)17(19)20)16-8-10-4-2-3-5-14(10)18/h2-7,16,18H,8H2,1H3. The topological polar surface area (TPSA) is 75.4 Å². The number of para-hydroxylation sites is 1. The SMILES string of the molecule is Cc1cc(Br)c(NCc2ccccc2O)cc1[N+](=O)[O-]. The number of nitrogens with one attached hydrogen (secondary N) is 1. The number of nitro groups is 1. The molecule has 0 aromatic heterocycles. The minimum Gasteiger partial charge on any atom is -0.508 e. The van der Waals surface area contributed by atoms with Crippen molar-refractivity contribution in [2.45, 2.75) is 13.5 Å². The van der Waals surface area contributed by atoms with Gasteiger partial charge in [0, 0.05) is 28.2 Å². The van der Waals surface area contributed by atoms with E-state index in [0.717, 1.165) is 10.0 Å². The van der Waals surface area contributed by atoms with Crippen molar-refractivity contribution in [1.82, 2.24) is 0 Å². The van der Waals surface area contributed by atoms with Crippen molar-refractivity contribution in [1.29, 1.82) is 0 Å². The lowest BCUT2D eigenvalue weighted by molar-refractivity contribution is -0.385. The molecule has 5 nitrogen and oxygen atoms in total. The zero-order valence-electron chi connectivity index (χ0n) is 10.8. The number of aryl methyl sites for hydroxylation is 1. The molecule has 0 aliphatic rings. The van der Waals surface area contributed by atoms with Gasteiger partial charge in [-0.3, -0.25) is 10.1 Å². The van der Waals surface area contributed by atoms with Crippen LogP contribution in [0.5, 0.6) is 5.75 Å². The molecule has 104 valence electrons. The highest BCUT2D eigenvalue weighted by Gasteiger charge is 2.14. The summed E-state index contributed by atoms with van der Waals surface area (Å²) in [7, 11) is 0. The number of phenolic OH excluding ortho intramolecular Hbond substituents is 1. The number of hydrogen-bond acceptors (Lipinski definition) is 4. The number of hydrogen-bond donors (Lipinski definition) is 2. The molecule has 6 heteroatoms. The number of nitro benzene ring substituents is 1. The van der Waals surface area contributed by atoms with Crippen LogP contribution in [0.15, 0.2) is 40.9 Å². The van der Waals surface area contributed by atoms with E-state index in [0.29, 0.717) is 17.8 Å².